The van der Waals surface area contributed by atoms with Gasteiger partial charge in [0.1, 0.15) is 5.84 Å². The molecule has 0 aliphatic heterocycles. The van der Waals surface area contributed by atoms with Crippen LogP contribution in [-0.4, -0.2) is 11.5 Å². The molecule has 0 aromatic rings. The Hall–Kier alpha value is -0.860. The summed E-state index contributed by atoms with van der Waals surface area (Å²) >= 11 is 0. The lowest BCUT2D eigenvalue weighted by Gasteiger charge is -1.88. The fourth-order valence-corrected chi connectivity index (χ4v) is 0.235. The monoisotopic (exact) mass is 127 g/mol. The molecule has 0 saturated carbocycles. The molecular formula is C6H13N3. The first-order valence-corrected chi connectivity index (χ1v) is 3.00. The van der Waals surface area contributed by atoms with Crippen molar-refractivity contribution in [1.82, 2.24) is 0 Å². The van der Waals surface area contributed by atoms with E-state index < -0.39 is 0 Å². The molecule has 0 saturated heterocycles. The van der Waals surface area contributed by atoms with Gasteiger partial charge in [0.15, 0.2) is 0 Å². The van der Waals surface area contributed by atoms with Gasteiger partial charge in [-0.3, -0.25) is 0 Å². The molecule has 9 heavy (non-hydrogen) atoms. The number of hydrogen-bond acceptors (Lipinski definition) is 2. The first kappa shape index (κ1) is 8.14. The van der Waals surface area contributed by atoms with Gasteiger partial charge in [-0.25, -0.2) is 0 Å². The third-order valence-electron chi connectivity index (χ3n) is 0.890. The van der Waals surface area contributed by atoms with Crippen LogP contribution in [0, 0.1) is 0 Å². The minimum absolute atomic E-state index is 0.503. The zero-order valence-electron chi connectivity index (χ0n) is 6.18. The maximum Gasteiger partial charge on any atom is 0.119 e. The molecule has 0 rings (SSSR count). The molecule has 0 heterocycles. The quantitative estimate of drug-likeness (QED) is 0.337. The van der Waals surface area contributed by atoms with E-state index >= 15 is 0 Å². The third kappa shape index (κ3) is 5.00. The van der Waals surface area contributed by atoms with Crippen molar-refractivity contribution < 1.29 is 0 Å². The number of rotatable bonds is 2. The molecule has 0 fully saturated rings. The second-order valence-electron chi connectivity index (χ2n) is 1.93. The topological polar surface area (TPSA) is 50.7 Å². The zero-order valence-corrected chi connectivity index (χ0v) is 6.18. The van der Waals surface area contributed by atoms with E-state index in [0.29, 0.717) is 5.84 Å². The van der Waals surface area contributed by atoms with Gasteiger partial charge in [-0.15, -0.1) is 5.10 Å². The Bertz CT molecular complexity index is 131. The summed E-state index contributed by atoms with van der Waals surface area (Å²) in [7, 11) is 0. The van der Waals surface area contributed by atoms with Crippen LogP contribution in [0.15, 0.2) is 10.2 Å². The minimum Gasteiger partial charge on any atom is -0.386 e. The van der Waals surface area contributed by atoms with Gasteiger partial charge >= 0.3 is 0 Å². The van der Waals surface area contributed by atoms with Crippen molar-refractivity contribution >= 4 is 11.5 Å². The van der Waals surface area contributed by atoms with Crippen molar-refractivity contribution in [3.63, 3.8) is 0 Å². The Morgan fingerprint density at radius 1 is 1.33 bits per heavy atom. The van der Waals surface area contributed by atoms with Gasteiger partial charge in [0.05, 0.1) is 0 Å². The van der Waals surface area contributed by atoms with E-state index in [-0.39, 0.29) is 0 Å². The van der Waals surface area contributed by atoms with Gasteiger partial charge in [0.25, 0.3) is 0 Å². The summed E-state index contributed by atoms with van der Waals surface area (Å²) in [5.41, 5.74) is 6.24. The van der Waals surface area contributed by atoms with Crippen LogP contribution in [0.2, 0.25) is 0 Å². The summed E-state index contributed by atoms with van der Waals surface area (Å²) in [5.74, 6) is 0.503. The lowest BCUT2D eigenvalue weighted by molar-refractivity contribution is 1.15. The summed E-state index contributed by atoms with van der Waals surface area (Å²) < 4.78 is 0. The molecule has 0 aromatic heterocycles. The van der Waals surface area contributed by atoms with Crippen molar-refractivity contribution in [1.29, 1.82) is 0 Å². The third-order valence-corrected chi connectivity index (χ3v) is 0.890. The lowest BCUT2D eigenvalue weighted by Crippen LogP contribution is -2.04. The normalized spacial score (nSPS) is 14.1. The lowest BCUT2D eigenvalue weighted by atomic mass is 10.3. The van der Waals surface area contributed by atoms with E-state index in [1.165, 1.54) is 0 Å². The van der Waals surface area contributed by atoms with Gasteiger partial charge in [0.2, 0.25) is 0 Å². The van der Waals surface area contributed by atoms with E-state index in [0.717, 1.165) is 12.1 Å². The van der Waals surface area contributed by atoms with Crippen LogP contribution < -0.4 is 5.73 Å². The molecule has 0 radical (unpaired) electrons. The van der Waals surface area contributed by atoms with Gasteiger partial charge < -0.3 is 5.73 Å². The second kappa shape index (κ2) is 4.06. The molecule has 2 N–H and O–H groups in total. The zero-order chi connectivity index (χ0) is 7.28. The van der Waals surface area contributed by atoms with Crippen molar-refractivity contribution in [3.05, 3.63) is 0 Å². The molecule has 0 spiro atoms. The molecular weight excluding hydrogens is 114 g/mol. The fraction of sp³-hybridized carbons (Fsp3) is 0.667. The van der Waals surface area contributed by atoms with E-state index in [2.05, 4.69) is 10.2 Å². The van der Waals surface area contributed by atoms with Crippen molar-refractivity contribution in [2.75, 3.05) is 0 Å². The molecule has 0 aliphatic carbocycles. The van der Waals surface area contributed by atoms with Crippen molar-refractivity contribution in [3.8, 4) is 0 Å². The standard InChI is InChI=1S/C6H13N3/c1-4-5(2)8-9-6(3)7/h4H2,1-3H3,(H2,7,9)/b8-5-. The van der Waals surface area contributed by atoms with Gasteiger partial charge in [0, 0.05) is 5.71 Å². The Labute approximate surface area is 55.7 Å². The summed E-state index contributed by atoms with van der Waals surface area (Å²) in [6.45, 7) is 5.67. The van der Waals surface area contributed by atoms with E-state index in [1.807, 2.05) is 13.8 Å². The largest absolute Gasteiger partial charge is 0.386 e. The van der Waals surface area contributed by atoms with Crippen molar-refractivity contribution in [2.45, 2.75) is 27.2 Å². The molecule has 3 heteroatoms. The fourth-order valence-electron chi connectivity index (χ4n) is 0.235. The SMILES string of the molecule is CC/C(C)=N\N=C(\C)N. The summed E-state index contributed by atoms with van der Waals surface area (Å²) in [6, 6.07) is 0. The number of hydrogen-bond donors (Lipinski definition) is 1. The maximum atomic E-state index is 5.24. The minimum atomic E-state index is 0.503. The van der Waals surface area contributed by atoms with E-state index in [9.17, 15) is 0 Å². The smallest absolute Gasteiger partial charge is 0.119 e. The van der Waals surface area contributed by atoms with Crippen LogP contribution in [0.4, 0.5) is 0 Å². The molecule has 0 amide bonds. The van der Waals surface area contributed by atoms with E-state index in [1.54, 1.807) is 6.92 Å². The molecule has 52 valence electrons. The molecule has 0 atom stereocenters. The highest BCUT2D eigenvalue weighted by atomic mass is 15.2. The van der Waals surface area contributed by atoms with Crippen LogP contribution in [0.3, 0.4) is 0 Å². The van der Waals surface area contributed by atoms with Crippen LogP contribution in [-0.2, 0) is 0 Å². The molecule has 0 unspecified atom stereocenters. The Morgan fingerprint density at radius 3 is 2.22 bits per heavy atom. The number of nitrogens with two attached hydrogens (primary N) is 1. The highest BCUT2D eigenvalue weighted by Gasteiger charge is 1.81. The van der Waals surface area contributed by atoms with Gasteiger partial charge in [-0.2, -0.15) is 5.10 Å². The Balaban J connectivity index is 3.83. The predicted octanol–water partition coefficient (Wildman–Crippen LogP) is 1.15. The number of nitrogens with zero attached hydrogens (tertiary/aromatic N) is 2. The average molecular weight is 127 g/mol. The number of amidine groups is 1. The van der Waals surface area contributed by atoms with E-state index in [4.69, 9.17) is 5.73 Å². The molecule has 3 nitrogen and oxygen atoms in total. The van der Waals surface area contributed by atoms with Gasteiger partial charge in [-0.1, -0.05) is 6.92 Å². The summed E-state index contributed by atoms with van der Waals surface area (Å²) in [4.78, 5) is 0. The van der Waals surface area contributed by atoms with Crippen molar-refractivity contribution in [2.24, 2.45) is 15.9 Å². The summed E-state index contributed by atoms with van der Waals surface area (Å²) in [5, 5.41) is 7.50. The van der Waals surface area contributed by atoms with Crippen LogP contribution in [0.25, 0.3) is 0 Å². The van der Waals surface area contributed by atoms with Crippen LogP contribution >= 0.6 is 0 Å². The Kier molecular flexibility index (Phi) is 3.67. The van der Waals surface area contributed by atoms with Crippen LogP contribution in [0.1, 0.15) is 27.2 Å². The highest BCUT2D eigenvalue weighted by molar-refractivity contribution is 5.83. The Morgan fingerprint density at radius 2 is 1.89 bits per heavy atom. The summed E-state index contributed by atoms with van der Waals surface area (Å²) in [6.07, 6.45) is 0.927. The maximum absolute atomic E-state index is 5.24. The molecule has 0 bridgehead atoms. The first-order chi connectivity index (χ1) is 4.16. The first-order valence-electron chi connectivity index (χ1n) is 3.00. The predicted molar refractivity (Wildman–Crippen MR) is 40.7 cm³/mol. The molecule has 0 aromatic carbocycles. The highest BCUT2D eigenvalue weighted by Crippen LogP contribution is 1.84. The average Bonchev–Trinajstić information content (AvgIpc) is 1.83. The van der Waals surface area contributed by atoms with Crippen LogP contribution in [0.5, 0.6) is 0 Å². The molecule has 0 aliphatic rings. The van der Waals surface area contributed by atoms with Gasteiger partial charge in [-0.05, 0) is 20.3 Å². The second-order valence-corrected chi connectivity index (χ2v) is 1.93.